The Morgan fingerprint density at radius 2 is 2.11 bits per heavy atom. The van der Waals surface area contributed by atoms with Crippen molar-refractivity contribution in [2.24, 2.45) is 0 Å². The highest BCUT2D eigenvalue weighted by molar-refractivity contribution is 7.11. The predicted molar refractivity (Wildman–Crippen MR) is 67.0 cm³/mol. The predicted octanol–water partition coefficient (Wildman–Crippen LogP) is 2.49. The van der Waals surface area contributed by atoms with Crippen LogP contribution in [0.1, 0.15) is 29.1 Å². The van der Waals surface area contributed by atoms with E-state index in [1.165, 1.54) is 19.0 Å². The van der Waals surface area contributed by atoms with Crippen LogP contribution in [0.15, 0.2) is 6.20 Å². The van der Waals surface area contributed by atoms with Crippen molar-refractivity contribution in [3.05, 3.63) is 16.1 Å². The first kappa shape index (κ1) is 13.3. The third-order valence-corrected chi connectivity index (χ3v) is 4.68. The molecule has 1 saturated carbocycles. The molecule has 1 aliphatic heterocycles. The van der Waals surface area contributed by atoms with Crippen molar-refractivity contribution >= 4 is 11.3 Å². The van der Waals surface area contributed by atoms with Crippen molar-refractivity contribution in [1.82, 2.24) is 15.2 Å². The van der Waals surface area contributed by atoms with Gasteiger partial charge in [0.2, 0.25) is 0 Å². The molecule has 19 heavy (non-hydrogen) atoms. The van der Waals surface area contributed by atoms with Crippen molar-refractivity contribution in [1.29, 1.82) is 0 Å². The van der Waals surface area contributed by atoms with Crippen LogP contribution in [-0.4, -0.2) is 35.1 Å². The molecular weight excluding hydrogens is 275 g/mol. The van der Waals surface area contributed by atoms with Gasteiger partial charge in [-0.05, 0) is 25.8 Å². The van der Waals surface area contributed by atoms with E-state index in [-0.39, 0.29) is 0 Å². The van der Waals surface area contributed by atoms with Crippen molar-refractivity contribution in [2.75, 3.05) is 13.1 Å². The molecule has 1 aliphatic carbocycles. The minimum Gasteiger partial charge on any atom is -0.315 e. The summed E-state index contributed by atoms with van der Waals surface area (Å²) in [7, 11) is 0. The number of hydrogen-bond donors (Lipinski definition) is 1. The van der Waals surface area contributed by atoms with E-state index in [9.17, 15) is 13.2 Å². The van der Waals surface area contributed by atoms with Gasteiger partial charge in [-0.15, -0.1) is 11.3 Å². The quantitative estimate of drug-likeness (QED) is 0.924. The highest BCUT2D eigenvalue weighted by atomic mass is 32.1. The van der Waals surface area contributed by atoms with Crippen molar-refractivity contribution in [3.8, 4) is 0 Å². The number of halogens is 3. The second kappa shape index (κ2) is 5.03. The summed E-state index contributed by atoms with van der Waals surface area (Å²) >= 11 is 0.774. The lowest BCUT2D eigenvalue weighted by molar-refractivity contribution is -0.137. The molecule has 1 unspecified atom stereocenters. The summed E-state index contributed by atoms with van der Waals surface area (Å²) < 4.78 is 37.6. The molecule has 0 amide bonds. The molecule has 0 bridgehead atoms. The largest absolute Gasteiger partial charge is 0.443 e. The fourth-order valence-electron chi connectivity index (χ4n) is 2.58. The molecule has 0 aromatic carbocycles. The van der Waals surface area contributed by atoms with Gasteiger partial charge in [0.05, 0.1) is 0 Å². The first-order valence-corrected chi connectivity index (χ1v) is 7.34. The summed E-state index contributed by atoms with van der Waals surface area (Å²) in [5, 5.41) is 2.58. The first-order chi connectivity index (χ1) is 9.04. The van der Waals surface area contributed by atoms with Crippen LogP contribution in [0, 0.1) is 0 Å². The van der Waals surface area contributed by atoms with Crippen molar-refractivity contribution in [2.45, 2.75) is 44.1 Å². The molecule has 0 radical (unpaired) electrons. The fraction of sp³-hybridized carbons (Fsp3) is 0.750. The van der Waals surface area contributed by atoms with E-state index in [4.69, 9.17) is 0 Å². The van der Waals surface area contributed by atoms with Crippen LogP contribution >= 0.6 is 11.3 Å². The Balaban J connectivity index is 1.69. The molecule has 106 valence electrons. The number of thiazole rings is 1. The van der Waals surface area contributed by atoms with Crippen molar-refractivity contribution in [3.63, 3.8) is 0 Å². The molecule has 3 nitrogen and oxygen atoms in total. The van der Waals surface area contributed by atoms with Gasteiger partial charge >= 0.3 is 6.18 Å². The third-order valence-electron chi connectivity index (χ3n) is 3.65. The highest BCUT2D eigenvalue weighted by Gasteiger charge is 2.37. The molecule has 2 fully saturated rings. The summed E-state index contributed by atoms with van der Waals surface area (Å²) in [6, 6.07) is 1.02. The van der Waals surface area contributed by atoms with E-state index >= 15 is 0 Å². The number of alkyl halides is 3. The molecule has 7 heteroatoms. The number of hydrogen-bond acceptors (Lipinski definition) is 4. The van der Waals surface area contributed by atoms with E-state index in [1.54, 1.807) is 0 Å². The molecule has 2 heterocycles. The first-order valence-electron chi connectivity index (χ1n) is 6.52. The lowest BCUT2D eigenvalue weighted by Gasteiger charge is -2.27. The summed E-state index contributed by atoms with van der Waals surface area (Å²) in [4.78, 5) is 6.57. The molecule has 1 saturated heterocycles. The van der Waals surface area contributed by atoms with E-state index in [1.807, 2.05) is 0 Å². The van der Waals surface area contributed by atoms with Crippen LogP contribution in [0.2, 0.25) is 0 Å². The number of nitrogens with zero attached hydrogens (tertiary/aromatic N) is 2. The SMILES string of the molecule is FC(F)(F)c1ncc(CN(C2CC2)C2CCNC2)s1. The van der Waals surface area contributed by atoms with E-state index in [0.29, 0.717) is 23.5 Å². The minimum atomic E-state index is -4.32. The van der Waals surface area contributed by atoms with Crippen LogP contribution in [-0.2, 0) is 12.7 Å². The van der Waals surface area contributed by atoms with Crippen molar-refractivity contribution < 1.29 is 13.2 Å². The minimum absolute atomic E-state index is 0.462. The standard InChI is InChI=1S/C12H16F3N3S/c13-12(14,15)11-17-6-10(19-11)7-18(8-1-2-8)9-3-4-16-5-9/h6,8-9,16H,1-5,7H2. The van der Waals surface area contributed by atoms with E-state index in [0.717, 1.165) is 30.8 Å². The summed E-state index contributed by atoms with van der Waals surface area (Å²) in [6.07, 6.45) is 0.484. The molecule has 1 aromatic rings. The van der Waals surface area contributed by atoms with Gasteiger partial charge in [-0.3, -0.25) is 4.90 Å². The van der Waals surface area contributed by atoms with Gasteiger partial charge in [-0.1, -0.05) is 0 Å². The number of aromatic nitrogens is 1. The molecule has 0 spiro atoms. The molecule has 1 N–H and O–H groups in total. The van der Waals surface area contributed by atoms with Crippen LogP contribution < -0.4 is 5.32 Å². The highest BCUT2D eigenvalue weighted by Crippen LogP contribution is 2.35. The fourth-order valence-corrected chi connectivity index (χ4v) is 3.37. The van der Waals surface area contributed by atoms with Gasteiger partial charge in [0.25, 0.3) is 0 Å². The van der Waals surface area contributed by atoms with Crippen LogP contribution in [0.25, 0.3) is 0 Å². The Kier molecular flexibility index (Phi) is 3.53. The average Bonchev–Trinajstić information content (AvgIpc) is 2.87. The van der Waals surface area contributed by atoms with Gasteiger partial charge in [0.1, 0.15) is 0 Å². The Morgan fingerprint density at radius 3 is 2.63 bits per heavy atom. The molecule has 3 rings (SSSR count). The third kappa shape index (κ3) is 3.09. The van der Waals surface area contributed by atoms with Gasteiger partial charge in [-0.2, -0.15) is 13.2 Å². The maximum atomic E-state index is 12.5. The Morgan fingerprint density at radius 1 is 1.32 bits per heavy atom. The topological polar surface area (TPSA) is 28.2 Å². The molecule has 1 atom stereocenters. The number of rotatable bonds is 4. The summed E-state index contributed by atoms with van der Waals surface area (Å²) in [6.45, 7) is 2.55. The lowest BCUT2D eigenvalue weighted by Crippen LogP contribution is -2.37. The van der Waals surface area contributed by atoms with Gasteiger partial charge in [-0.25, -0.2) is 4.98 Å². The molecule has 2 aliphatic rings. The molecule has 1 aromatic heterocycles. The van der Waals surface area contributed by atoms with Gasteiger partial charge in [0.15, 0.2) is 5.01 Å². The lowest BCUT2D eigenvalue weighted by atomic mass is 10.2. The van der Waals surface area contributed by atoms with Crippen LogP contribution in [0.5, 0.6) is 0 Å². The Labute approximate surface area is 113 Å². The van der Waals surface area contributed by atoms with Crippen LogP contribution in [0.3, 0.4) is 0 Å². The summed E-state index contributed by atoms with van der Waals surface area (Å²) in [5.74, 6) is 0. The zero-order valence-corrected chi connectivity index (χ0v) is 11.2. The zero-order chi connectivity index (χ0) is 13.5. The maximum Gasteiger partial charge on any atom is 0.443 e. The monoisotopic (exact) mass is 291 g/mol. The zero-order valence-electron chi connectivity index (χ0n) is 10.4. The summed E-state index contributed by atoms with van der Waals surface area (Å²) in [5.41, 5.74) is 0. The van der Waals surface area contributed by atoms with E-state index in [2.05, 4.69) is 15.2 Å². The average molecular weight is 291 g/mol. The van der Waals surface area contributed by atoms with Crippen LogP contribution in [0.4, 0.5) is 13.2 Å². The Hall–Kier alpha value is -0.660. The normalized spacial score (nSPS) is 24.3. The second-order valence-corrected chi connectivity index (χ2v) is 6.29. The second-order valence-electron chi connectivity index (χ2n) is 5.18. The van der Waals surface area contributed by atoms with Gasteiger partial charge in [0, 0.05) is 36.2 Å². The Bertz CT molecular complexity index is 436. The molecular formula is C12H16F3N3S. The maximum absolute atomic E-state index is 12.5. The smallest absolute Gasteiger partial charge is 0.315 e. The van der Waals surface area contributed by atoms with Gasteiger partial charge < -0.3 is 5.32 Å². The van der Waals surface area contributed by atoms with E-state index < -0.39 is 11.2 Å². The number of nitrogens with one attached hydrogen (secondary N) is 1.